The Morgan fingerprint density at radius 2 is 2.03 bits per heavy atom. The molecule has 10 heteroatoms. The molecule has 1 saturated carbocycles. The van der Waals surface area contributed by atoms with E-state index < -0.39 is 6.35 Å². The molecule has 3 heterocycles. The number of ether oxygens (including phenoxy) is 2. The van der Waals surface area contributed by atoms with Gasteiger partial charge in [-0.1, -0.05) is 23.2 Å². The van der Waals surface area contributed by atoms with Gasteiger partial charge < -0.3 is 25.2 Å². The van der Waals surface area contributed by atoms with Gasteiger partial charge in [-0.3, -0.25) is 10.1 Å². The third-order valence-corrected chi connectivity index (χ3v) is 6.97. The van der Waals surface area contributed by atoms with Crippen LogP contribution in [0.4, 0.5) is 11.5 Å². The summed E-state index contributed by atoms with van der Waals surface area (Å²) in [6.45, 7) is 0. The van der Waals surface area contributed by atoms with Crippen molar-refractivity contribution in [2.24, 2.45) is 0 Å². The number of hydrogen-bond donors (Lipinski definition) is 4. The maximum atomic E-state index is 11.7. The standard InChI is InChI=1S/C24H20Cl2N4O4/c25-15-4-1-11(9-16(15)26)28-24(32)30-21-20-14-10-12(2-5-17(14)34-22(20)21)33-18-7-8-27-23-13(18)3-6-19(31)29-23/h1-2,4-5,7-10,20-22,24,28,30,32H,3,6H2,(H,27,29,31). The minimum Gasteiger partial charge on any atom is -0.488 e. The van der Waals surface area contributed by atoms with Crippen LogP contribution in [0.3, 0.4) is 0 Å². The Morgan fingerprint density at radius 3 is 2.88 bits per heavy atom. The van der Waals surface area contributed by atoms with Crippen molar-refractivity contribution in [3.05, 3.63) is 69.8 Å². The number of anilines is 2. The Bertz CT molecular complexity index is 1300. The van der Waals surface area contributed by atoms with Crippen LogP contribution in [0, 0.1) is 0 Å². The van der Waals surface area contributed by atoms with Crippen LogP contribution >= 0.6 is 23.2 Å². The number of amides is 1. The topological polar surface area (TPSA) is 105 Å². The van der Waals surface area contributed by atoms with E-state index in [9.17, 15) is 9.90 Å². The lowest BCUT2D eigenvalue weighted by molar-refractivity contribution is -0.116. The Balaban J connectivity index is 1.14. The molecule has 0 bridgehead atoms. The van der Waals surface area contributed by atoms with E-state index in [0.29, 0.717) is 45.9 Å². The van der Waals surface area contributed by atoms with E-state index in [1.54, 1.807) is 30.5 Å². The molecule has 1 aromatic heterocycles. The van der Waals surface area contributed by atoms with Crippen LogP contribution in [-0.4, -0.2) is 34.5 Å². The molecular weight excluding hydrogens is 479 g/mol. The normalized spacial score (nSPS) is 22.6. The highest BCUT2D eigenvalue weighted by molar-refractivity contribution is 6.42. The smallest absolute Gasteiger partial charge is 0.225 e. The molecule has 4 N–H and O–H groups in total. The van der Waals surface area contributed by atoms with Gasteiger partial charge in [0.2, 0.25) is 5.91 Å². The quantitative estimate of drug-likeness (QED) is 0.376. The first-order valence-corrected chi connectivity index (χ1v) is 11.6. The summed E-state index contributed by atoms with van der Waals surface area (Å²) in [5.74, 6) is 2.78. The molecular formula is C24H20Cl2N4O4. The first-order chi connectivity index (χ1) is 16.5. The van der Waals surface area contributed by atoms with Crippen LogP contribution in [-0.2, 0) is 11.2 Å². The number of benzene rings is 2. The predicted octanol–water partition coefficient (Wildman–Crippen LogP) is 4.27. The maximum Gasteiger partial charge on any atom is 0.225 e. The van der Waals surface area contributed by atoms with Gasteiger partial charge in [0.15, 0.2) is 6.35 Å². The molecule has 1 fully saturated rings. The highest BCUT2D eigenvalue weighted by atomic mass is 35.5. The molecule has 4 atom stereocenters. The Hall–Kier alpha value is -3.04. The van der Waals surface area contributed by atoms with E-state index in [4.69, 9.17) is 32.7 Å². The van der Waals surface area contributed by atoms with Crippen molar-refractivity contribution in [2.75, 3.05) is 10.6 Å². The van der Waals surface area contributed by atoms with Gasteiger partial charge in [-0.2, -0.15) is 0 Å². The van der Waals surface area contributed by atoms with E-state index in [-0.39, 0.29) is 24.0 Å². The Kier molecular flexibility index (Phi) is 5.26. The average Bonchev–Trinajstić information content (AvgIpc) is 3.32. The van der Waals surface area contributed by atoms with Crippen molar-refractivity contribution < 1.29 is 19.4 Å². The second kappa shape index (κ2) is 8.32. The number of aromatic nitrogens is 1. The summed E-state index contributed by atoms with van der Waals surface area (Å²) in [5.41, 5.74) is 2.56. The fourth-order valence-electron chi connectivity index (χ4n) is 4.55. The third kappa shape index (κ3) is 3.92. The molecule has 8 nitrogen and oxygen atoms in total. The van der Waals surface area contributed by atoms with Crippen molar-refractivity contribution in [1.82, 2.24) is 10.3 Å². The lowest BCUT2D eigenvalue weighted by Crippen LogP contribution is -2.39. The lowest BCUT2D eigenvalue weighted by atomic mass is 10.1. The van der Waals surface area contributed by atoms with Gasteiger partial charge in [0.1, 0.15) is 29.2 Å². The number of hydrogen-bond acceptors (Lipinski definition) is 7. The molecule has 6 rings (SSSR count). The molecule has 1 aliphatic carbocycles. The highest BCUT2D eigenvalue weighted by Crippen LogP contribution is 2.54. The fraction of sp³-hybridized carbons (Fsp3) is 0.250. The molecule has 3 aliphatic rings. The number of pyridine rings is 1. The number of rotatable bonds is 6. The molecule has 0 radical (unpaired) electrons. The van der Waals surface area contributed by atoms with E-state index >= 15 is 0 Å². The second-order valence-electron chi connectivity index (χ2n) is 8.46. The number of carbonyl (C=O) groups is 1. The fourth-order valence-corrected chi connectivity index (χ4v) is 4.85. The van der Waals surface area contributed by atoms with Crippen LogP contribution in [0.5, 0.6) is 17.2 Å². The number of halogens is 2. The summed E-state index contributed by atoms with van der Waals surface area (Å²) < 4.78 is 12.2. The zero-order valence-electron chi connectivity index (χ0n) is 17.7. The van der Waals surface area contributed by atoms with Crippen LogP contribution < -0.4 is 25.4 Å². The van der Waals surface area contributed by atoms with Crippen molar-refractivity contribution >= 4 is 40.6 Å². The van der Waals surface area contributed by atoms with Crippen LogP contribution in [0.1, 0.15) is 23.5 Å². The van der Waals surface area contributed by atoms with Gasteiger partial charge in [-0.05, 0) is 48.9 Å². The number of aliphatic hydroxyl groups is 1. The van der Waals surface area contributed by atoms with Crippen LogP contribution in [0.2, 0.25) is 10.0 Å². The lowest BCUT2D eigenvalue weighted by Gasteiger charge is -2.19. The van der Waals surface area contributed by atoms with Gasteiger partial charge in [0.25, 0.3) is 0 Å². The summed E-state index contributed by atoms with van der Waals surface area (Å²) >= 11 is 12.0. The van der Waals surface area contributed by atoms with E-state index in [0.717, 1.165) is 16.9 Å². The molecule has 0 spiro atoms. The molecule has 2 aromatic carbocycles. The first kappa shape index (κ1) is 21.5. The minimum absolute atomic E-state index is 0.0408. The van der Waals surface area contributed by atoms with Gasteiger partial charge in [0, 0.05) is 35.3 Å². The molecule has 174 valence electrons. The summed E-state index contributed by atoms with van der Waals surface area (Å²) in [7, 11) is 0. The van der Waals surface area contributed by atoms with E-state index in [1.165, 1.54) is 0 Å². The molecule has 34 heavy (non-hydrogen) atoms. The highest BCUT2D eigenvalue weighted by Gasteiger charge is 2.59. The monoisotopic (exact) mass is 498 g/mol. The maximum absolute atomic E-state index is 11.7. The van der Waals surface area contributed by atoms with Crippen LogP contribution in [0.25, 0.3) is 0 Å². The third-order valence-electron chi connectivity index (χ3n) is 6.23. The van der Waals surface area contributed by atoms with Crippen molar-refractivity contribution in [3.8, 4) is 17.2 Å². The first-order valence-electron chi connectivity index (χ1n) is 10.9. The van der Waals surface area contributed by atoms with Gasteiger partial charge >= 0.3 is 0 Å². The summed E-state index contributed by atoms with van der Waals surface area (Å²) in [5, 5.41) is 20.2. The van der Waals surface area contributed by atoms with Gasteiger partial charge in [-0.25, -0.2) is 4.98 Å². The number of nitrogens with one attached hydrogen (secondary N) is 3. The molecule has 2 aliphatic heterocycles. The number of aliphatic hydroxyl groups excluding tert-OH is 1. The Morgan fingerprint density at radius 1 is 1.15 bits per heavy atom. The summed E-state index contributed by atoms with van der Waals surface area (Å²) in [4.78, 5) is 15.9. The predicted molar refractivity (Wildman–Crippen MR) is 128 cm³/mol. The summed E-state index contributed by atoms with van der Waals surface area (Å²) in [6.07, 6.45) is 1.56. The SMILES string of the molecule is O=C1CCc2c(Oc3ccc4c(c3)C3C(NC(O)Nc5ccc(Cl)c(Cl)c5)C3O4)ccnc2N1. The molecule has 4 unspecified atom stereocenters. The van der Waals surface area contributed by atoms with Crippen molar-refractivity contribution in [1.29, 1.82) is 0 Å². The van der Waals surface area contributed by atoms with Crippen LogP contribution in [0.15, 0.2) is 48.7 Å². The van der Waals surface area contributed by atoms with E-state index in [2.05, 4.69) is 20.9 Å². The van der Waals surface area contributed by atoms with Gasteiger partial charge in [0.05, 0.1) is 16.1 Å². The largest absolute Gasteiger partial charge is 0.488 e. The number of fused-ring (bicyclic) bond motifs is 4. The summed E-state index contributed by atoms with van der Waals surface area (Å²) in [6, 6.07) is 12.5. The Labute approximate surface area is 205 Å². The average molecular weight is 499 g/mol. The molecule has 3 aromatic rings. The second-order valence-corrected chi connectivity index (χ2v) is 9.28. The minimum atomic E-state index is -0.988. The zero-order valence-corrected chi connectivity index (χ0v) is 19.2. The zero-order chi connectivity index (χ0) is 23.4. The molecule has 1 amide bonds. The van der Waals surface area contributed by atoms with Crippen molar-refractivity contribution in [2.45, 2.75) is 37.3 Å². The van der Waals surface area contributed by atoms with Gasteiger partial charge in [-0.15, -0.1) is 0 Å². The van der Waals surface area contributed by atoms with Crippen molar-refractivity contribution in [3.63, 3.8) is 0 Å². The number of carbonyl (C=O) groups excluding carboxylic acids is 1. The molecule has 0 saturated heterocycles. The van der Waals surface area contributed by atoms with E-state index in [1.807, 2.05) is 18.2 Å². The number of nitrogens with zero attached hydrogens (tertiary/aromatic N) is 1.